The van der Waals surface area contributed by atoms with Gasteiger partial charge in [-0.2, -0.15) is 0 Å². The lowest BCUT2D eigenvalue weighted by molar-refractivity contribution is -0.148. The van der Waals surface area contributed by atoms with Crippen LogP contribution in [0.25, 0.3) is 0 Å². The maximum atomic E-state index is 11.3. The molecular weight excluding hydrogens is 220 g/mol. The fraction of sp³-hybridized carbons (Fsp3) is 0.875. The number of carbonyl (C=O) groups is 1. The van der Waals surface area contributed by atoms with Crippen LogP contribution in [0.1, 0.15) is 12.8 Å². The van der Waals surface area contributed by atoms with Gasteiger partial charge in [-0.15, -0.1) is 0 Å². The number of esters is 1. The van der Waals surface area contributed by atoms with Crippen molar-refractivity contribution in [1.29, 1.82) is 0 Å². The average molecular weight is 236 g/mol. The second kappa shape index (κ2) is 4.07. The minimum absolute atomic E-state index is 0.268. The van der Waals surface area contributed by atoms with Crippen LogP contribution in [0.4, 0.5) is 0 Å². The number of methoxy groups -OCH3 is 1. The number of hydrogen-bond donors (Lipinski definition) is 1. The molecule has 0 amide bonds. The third-order valence-corrected chi connectivity index (χ3v) is 3.98. The number of hydrogen-bond acceptors (Lipinski definition) is 5. The van der Waals surface area contributed by atoms with Crippen LogP contribution in [0.5, 0.6) is 0 Å². The molecule has 0 aromatic carbocycles. The summed E-state index contributed by atoms with van der Waals surface area (Å²) in [5.74, 6) is -0.476. The number of carbonyl (C=O) groups excluding carboxylic acids is 1. The summed E-state index contributed by atoms with van der Waals surface area (Å²) in [5, 5.41) is 0. The number of nitrogens with two attached hydrogens (primary N) is 1. The zero-order chi connectivity index (χ0) is 11.7. The van der Waals surface area contributed by atoms with Gasteiger partial charge >= 0.3 is 5.97 Å². The van der Waals surface area contributed by atoms with Crippen molar-refractivity contribution in [2.75, 3.05) is 26.5 Å². The average Bonchev–Trinajstić information content (AvgIpc) is 2.15. The molecule has 0 aromatic rings. The van der Waals surface area contributed by atoms with Gasteiger partial charge in [-0.1, -0.05) is 0 Å². The van der Waals surface area contributed by atoms with E-state index in [1.165, 1.54) is 11.4 Å². The normalized spacial score (nSPS) is 22.3. The van der Waals surface area contributed by atoms with E-state index in [4.69, 9.17) is 5.73 Å². The molecule has 1 aliphatic heterocycles. The highest BCUT2D eigenvalue weighted by molar-refractivity contribution is 7.88. The van der Waals surface area contributed by atoms with Crippen molar-refractivity contribution in [1.82, 2.24) is 4.31 Å². The Kier molecular flexibility index (Phi) is 3.37. The van der Waals surface area contributed by atoms with E-state index in [1.54, 1.807) is 0 Å². The molecule has 1 heterocycles. The fourth-order valence-corrected chi connectivity index (χ4v) is 2.47. The number of nitrogens with zero attached hydrogens (tertiary/aromatic N) is 1. The van der Waals surface area contributed by atoms with Crippen molar-refractivity contribution in [3.05, 3.63) is 0 Å². The SMILES string of the molecule is COC(=O)C1(N)CCN(S(C)(=O)=O)CC1. The Bertz CT molecular complexity index is 344. The first-order chi connectivity index (χ1) is 6.79. The molecule has 15 heavy (non-hydrogen) atoms. The summed E-state index contributed by atoms with van der Waals surface area (Å²) in [6, 6.07) is 0. The van der Waals surface area contributed by atoms with E-state index in [-0.39, 0.29) is 13.1 Å². The molecule has 88 valence electrons. The molecule has 1 rings (SSSR count). The van der Waals surface area contributed by atoms with E-state index in [9.17, 15) is 13.2 Å². The van der Waals surface area contributed by atoms with E-state index >= 15 is 0 Å². The van der Waals surface area contributed by atoms with Crippen molar-refractivity contribution >= 4 is 16.0 Å². The van der Waals surface area contributed by atoms with Gasteiger partial charge in [-0.05, 0) is 12.8 Å². The number of rotatable bonds is 2. The maximum Gasteiger partial charge on any atom is 0.325 e. The fourth-order valence-electron chi connectivity index (χ4n) is 1.62. The Morgan fingerprint density at radius 1 is 1.40 bits per heavy atom. The molecule has 0 spiro atoms. The number of sulfonamides is 1. The lowest BCUT2D eigenvalue weighted by atomic mass is 9.90. The molecular formula is C8H16N2O4S. The topological polar surface area (TPSA) is 89.7 Å². The summed E-state index contributed by atoms with van der Waals surface area (Å²) in [7, 11) is -1.91. The summed E-state index contributed by atoms with van der Waals surface area (Å²) in [6.45, 7) is 0.537. The second-order valence-electron chi connectivity index (χ2n) is 3.81. The molecule has 0 aromatic heterocycles. The molecule has 0 aliphatic carbocycles. The van der Waals surface area contributed by atoms with Crippen LogP contribution < -0.4 is 5.73 Å². The monoisotopic (exact) mass is 236 g/mol. The molecule has 1 saturated heterocycles. The van der Waals surface area contributed by atoms with E-state index in [2.05, 4.69) is 4.74 Å². The summed E-state index contributed by atoms with van der Waals surface area (Å²) >= 11 is 0. The van der Waals surface area contributed by atoms with Crippen LogP contribution >= 0.6 is 0 Å². The standard InChI is InChI=1S/C8H16N2O4S/c1-14-7(11)8(9)3-5-10(6-4-8)15(2,12)13/h3-6,9H2,1-2H3. The largest absolute Gasteiger partial charge is 0.468 e. The van der Waals surface area contributed by atoms with Gasteiger partial charge in [0.1, 0.15) is 5.54 Å². The highest BCUT2D eigenvalue weighted by Gasteiger charge is 2.40. The van der Waals surface area contributed by atoms with Crippen LogP contribution in [0.3, 0.4) is 0 Å². The second-order valence-corrected chi connectivity index (χ2v) is 5.79. The minimum Gasteiger partial charge on any atom is -0.468 e. The van der Waals surface area contributed by atoms with E-state index < -0.39 is 21.5 Å². The highest BCUT2D eigenvalue weighted by Crippen LogP contribution is 2.22. The quantitative estimate of drug-likeness (QED) is 0.615. The van der Waals surface area contributed by atoms with E-state index in [1.807, 2.05) is 0 Å². The van der Waals surface area contributed by atoms with Crippen molar-refractivity contribution in [3.63, 3.8) is 0 Å². The third kappa shape index (κ3) is 2.67. The molecule has 0 unspecified atom stereocenters. The Hall–Kier alpha value is -0.660. The van der Waals surface area contributed by atoms with Gasteiger partial charge < -0.3 is 10.5 Å². The van der Waals surface area contributed by atoms with Crippen LogP contribution in [-0.4, -0.2) is 50.7 Å². The van der Waals surface area contributed by atoms with Crippen molar-refractivity contribution < 1.29 is 17.9 Å². The summed E-state index contributed by atoms with van der Waals surface area (Å²) < 4.78 is 28.3. The molecule has 1 fully saturated rings. The number of ether oxygens (including phenoxy) is 1. The highest BCUT2D eigenvalue weighted by atomic mass is 32.2. The summed E-state index contributed by atoms with van der Waals surface area (Å²) in [6.07, 6.45) is 1.74. The van der Waals surface area contributed by atoms with Gasteiger partial charge in [0.2, 0.25) is 10.0 Å². The number of piperidine rings is 1. The third-order valence-electron chi connectivity index (χ3n) is 2.68. The molecule has 1 aliphatic rings. The first kappa shape index (κ1) is 12.4. The van der Waals surface area contributed by atoms with Crippen molar-refractivity contribution in [2.45, 2.75) is 18.4 Å². The zero-order valence-corrected chi connectivity index (χ0v) is 9.71. The Balaban J connectivity index is 2.67. The van der Waals surface area contributed by atoms with E-state index in [0.29, 0.717) is 12.8 Å². The van der Waals surface area contributed by atoms with Gasteiger partial charge in [-0.3, -0.25) is 4.79 Å². The van der Waals surface area contributed by atoms with Gasteiger partial charge in [0.05, 0.1) is 13.4 Å². The van der Waals surface area contributed by atoms with Gasteiger partial charge in [-0.25, -0.2) is 12.7 Å². The molecule has 6 nitrogen and oxygen atoms in total. The Morgan fingerprint density at radius 2 is 1.87 bits per heavy atom. The van der Waals surface area contributed by atoms with Gasteiger partial charge in [0, 0.05) is 13.1 Å². The Morgan fingerprint density at radius 3 is 2.20 bits per heavy atom. The molecule has 0 bridgehead atoms. The first-order valence-corrected chi connectivity index (χ1v) is 6.47. The lowest BCUT2D eigenvalue weighted by Gasteiger charge is -2.35. The molecule has 0 radical (unpaired) electrons. The molecule has 0 atom stereocenters. The maximum absolute atomic E-state index is 11.3. The smallest absolute Gasteiger partial charge is 0.325 e. The van der Waals surface area contributed by atoms with Crippen LogP contribution in [0.2, 0.25) is 0 Å². The Labute approximate surface area is 89.4 Å². The first-order valence-electron chi connectivity index (χ1n) is 4.62. The summed E-state index contributed by atoms with van der Waals surface area (Å²) in [4.78, 5) is 11.3. The molecule has 2 N–H and O–H groups in total. The van der Waals surface area contributed by atoms with Crippen LogP contribution in [0.15, 0.2) is 0 Å². The van der Waals surface area contributed by atoms with Gasteiger partial charge in [0.15, 0.2) is 0 Å². The van der Waals surface area contributed by atoms with Crippen molar-refractivity contribution in [2.24, 2.45) is 5.73 Å². The van der Waals surface area contributed by atoms with Crippen molar-refractivity contribution in [3.8, 4) is 0 Å². The van der Waals surface area contributed by atoms with Gasteiger partial charge in [0.25, 0.3) is 0 Å². The van der Waals surface area contributed by atoms with E-state index in [0.717, 1.165) is 6.26 Å². The minimum atomic E-state index is -3.18. The van der Waals surface area contributed by atoms with Crippen LogP contribution in [-0.2, 0) is 19.6 Å². The van der Waals surface area contributed by atoms with Crippen LogP contribution in [0, 0.1) is 0 Å². The predicted molar refractivity (Wildman–Crippen MR) is 54.6 cm³/mol. The molecule has 7 heteroatoms. The molecule has 0 saturated carbocycles. The summed E-state index contributed by atoms with van der Waals surface area (Å²) in [5.41, 5.74) is 4.79. The predicted octanol–water partition coefficient (Wildman–Crippen LogP) is -1.09. The lowest BCUT2D eigenvalue weighted by Crippen LogP contribution is -2.56. The zero-order valence-electron chi connectivity index (χ0n) is 8.89.